The Hall–Kier alpha value is -1.43. The molecule has 22 heavy (non-hydrogen) atoms. The molecule has 0 aliphatic carbocycles. The molecule has 0 aliphatic heterocycles. The Kier molecular flexibility index (Phi) is 5.08. The predicted molar refractivity (Wildman–Crippen MR) is 96.4 cm³/mol. The molecule has 0 atom stereocenters. The van der Waals surface area contributed by atoms with Crippen LogP contribution in [0, 0.1) is 0 Å². The highest BCUT2D eigenvalue weighted by Crippen LogP contribution is 2.20. The van der Waals surface area contributed by atoms with Crippen LogP contribution in [0.15, 0.2) is 63.8 Å². The molecule has 1 amide bonds. The van der Waals surface area contributed by atoms with Crippen molar-refractivity contribution in [1.82, 2.24) is 4.90 Å². The maximum absolute atomic E-state index is 12.9. The highest BCUT2D eigenvalue weighted by molar-refractivity contribution is 9.10. The smallest absolute Gasteiger partial charge is 0.254 e. The second-order valence-electron chi connectivity index (χ2n) is 4.83. The summed E-state index contributed by atoms with van der Waals surface area (Å²) in [6, 6.07) is 15.7. The number of benzene rings is 1. The van der Waals surface area contributed by atoms with E-state index < -0.39 is 0 Å². The highest BCUT2D eigenvalue weighted by atomic mass is 79.9. The molecule has 0 spiro atoms. The van der Waals surface area contributed by atoms with E-state index in [0.29, 0.717) is 18.7 Å². The van der Waals surface area contributed by atoms with Gasteiger partial charge >= 0.3 is 0 Å². The van der Waals surface area contributed by atoms with Crippen molar-refractivity contribution >= 4 is 44.5 Å². The molecule has 5 heteroatoms. The third-order valence-electron chi connectivity index (χ3n) is 3.21. The standard InChI is InChI=1S/C17H14BrNOS2/c18-14-5-1-4-13(10-14)17(20)19(11-15-6-2-8-21-15)12-16-7-3-9-22-16/h1-10H,11-12H2. The van der Waals surface area contributed by atoms with Gasteiger partial charge in [0.05, 0.1) is 13.1 Å². The largest absolute Gasteiger partial charge is 0.328 e. The van der Waals surface area contributed by atoms with Crippen LogP contribution < -0.4 is 0 Å². The first-order valence-electron chi connectivity index (χ1n) is 6.82. The molecule has 3 aromatic rings. The Morgan fingerprint density at radius 1 is 0.955 bits per heavy atom. The second-order valence-corrected chi connectivity index (χ2v) is 7.81. The summed E-state index contributed by atoms with van der Waals surface area (Å²) < 4.78 is 0.922. The van der Waals surface area contributed by atoms with Crippen LogP contribution in [0.1, 0.15) is 20.1 Å². The summed E-state index contributed by atoms with van der Waals surface area (Å²) in [4.78, 5) is 17.2. The Morgan fingerprint density at radius 2 is 1.59 bits per heavy atom. The van der Waals surface area contributed by atoms with Crippen molar-refractivity contribution in [3.05, 3.63) is 79.1 Å². The number of nitrogens with zero attached hydrogens (tertiary/aromatic N) is 1. The summed E-state index contributed by atoms with van der Waals surface area (Å²) in [6.45, 7) is 1.28. The van der Waals surface area contributed by atoms with Crippen molar-refractivity contribution in [1.29, 1.82) is 0 Å². The average Bonchev–Trinajstić information content (AvgIpc) is 3.19. The van der Waals surface area contributed by atoms with Crippen molar-refractivity contribution in [2.45, 2.75) is 13.1 Å². The first kappa shape index (κ1) is 15.5. The van der Waals surface area contributed by atoms with Crippen molar-refractivity contribution < 1.29 is 4.79 Å². The van der Waals surface area contributed by atoms with Gasteiger partial charge in [-0.3, -0.25) is 4.79 Å². The quantitative estimate of drug-likeness (QED) is 0.568. The zero-order valence-corrected chi connectivity index (χ0v) is 15.0. The number of hydrogen-bond donors (Lipinski definition) is 0. The molecule has 0 saturated carbocycles. The number of hydrogen-bond acceptors (Lipinski definition) is 3. The van der Waals surface area contributed by atoms with Crippen LogP contribution >= 0.6 is 38.6 Å². The first-order chi connectivity index (χ1) is 10.7. The van der Waals surface area contributed by atoms with E-state index in [0.717, 1.165) is 4.47 Å². The normalized spacial score (nSPS) is 10.6. The Bertz CT molecular complexity index is 702. The van der Waals surface area contributed by atoms with Crippen LogP contribution in [0.3, 0.4) is 0 Å². The molecular weight excluding hydrogens is 378 g/mol. The molecule has 0 aliphatic rings. The van der Waals surface area contributed by atoms with Crippen LogP contribution in [0.2, 0.25) is 0 Å². The SMILES string of the molecule is O=C(c1cccc(Br)c1)N(Cc1cccs1)Cc1cccs1. The predicted octanol–water partition coefficient (Wildman–Crippen LogP) is 5.41. The Morgan fingerprint density at radius 3 is 2.09 bits per heavy atom. The van der Waals surface area contributed by atoms with Crippen molar-refractivity contribution in [3.63, 3.8) is 0 Å². The molecule has 0 N–H and O–H groups in total. The van der Waals surface area contributed by atoms with E-state index in [1.807, 2.05) is 52.1 Å². The molecule has 3 rings (SSSR count). The van der Waals surface area contributed by atoms with Gasteiger partial charge in [0.1, 0.15) is 0 Å². The van der Waals surface area contributed by atoms with Crippen LogP contribution in [0.5, 0.6) is 0 Å². The number of thiophene rings is 2. The minimum atomic E-state index is 0.0584. The maximum Gasteiger partial charge on any atom is 0.254 e. The summed E-state index contributed by atoms with van der Waals surface area (Å²) in [5.41, 5.74) is 0.711. The summed E-state index contributed by atoms with van der Waals surface area (Å²) in [5.74, 6) is 0.0584. The molecule has 2 heterocycles. The molecule has 0 radical (unpaired) electrons. The van der Waals surface area contributed by atoms with Gasteiger partial charge in [0, 0.05) is 19.8 Å². The van der Waals surface area contributed by atoms with E-state index in [9.17, 15) is 4.79 Å². The van der Waals surface area contributed by atoms with E-state index >= 15 is 0 Å². The minimum Gasteiger partial charge on any atom is -0.328 e. The average molecular weight is 392 g/mol. The van der Waals surface area contributed by atoms with Gasteiger partial charge in [-0.25, -0.2) is 0 Å². The Balaban J connectivity index is 1.85. The van der Waals surface area contributed by atoms with Gasteiger partial charge in [-0.1, -0.05) is 34.1 Å². The van der Waals surface area contributed by atoms with Crippen LogP contribution in [0.25, 0.3) is 0 Å². The van der Waals surface area contributed by atoms with Gasteiger partial charge in [0.15, 0.2) is 0 Å². The zero-order chi connectivity index (χ0) is 15.4. The number of amides is 1. The number of carbonyl (C=O) groups is 1. The fourth-order valence-electron chi connectivity index (χ4n) is 2.18. The first-order valence-corrected chi connectivity index (χ1v) is 9.37. The van der Waals surface area contributed by atoms with Gasteiger partial charge in [-0.05, 0) is 41.1 Å². The molecular formula is C17H14BrNOS2. The summed E-state index contributed by atoms with van der Waals surface area (Å²) in [6.07, 6.45) is 0. The maximum atomic E-state index is 12.9. The summed E-state index contributed by atoms with van der Waals surface area (Å²) in [5, 5.41) is 4.09. The van der Waals surface area contributed by atoms with Gasteiger partial charge in [0.25, 0.3) is 5.91 Å². The van der Waals surface area contributed by atoms with Crippen molar-refractivity contribution in [3.8, 4) is 0 Å². The molecule has 0 unspecified atom stereocenters. The molecule has 112 valence electrons. The fraction of sp³-hybridized carbons (Fsp3) is 0.118. The van der Waals surface area contributed by atoms with Crippen LogP contribution in [-0.2, 0) is 13.1 Å². The third-order valence-corrected chi connectivity index (χ3v) is 5.43. The lowest BCUT2D eigenvalue weighted by Crippen LogP contribution is -2.29. The fourth-order valence-corrected chi connectivity index (χ4v) is 4.02. The molecule has 1 aromatic carbocycles. The summed E-state index contributed by atoms with van der Waals surface area (Å²) >= 11 is 6.79. The van der Waals surface area contributed by atoms with Gasteiger partial charge in [-0.2, -0.15) is 0 Å². The monoisotopic (exact) mass is 391 g/mol. The zero-order valence-electron chi connectivity index (χ0n) is 11.7. The Labute approximate surface area is 146 Å². The highest BCUT2D eigenvalue weighted by Gasteiger charge is 2.17. The lowest BCUT2D eigenvalue weighted by Gasteiger charge is -2.21. The van der Waals surface area contributed by atoms with Crippen molar-refractivity contribution in [2.75, 3.05) is 0 Å². The third kappa shape index (κ3) is 3.85. The van der Waals surface area contributed by atoms with Gasteiger partial charge in [0.2, 0.25) is 0 Å². The van der Waals surface area contributed by atoms with Gasteiger partial charge < -0.3 is 4.90 Å². The topological polar surface area (TPSA) is 20.3 Å². The van der Waals surface area contributed by atoms with E-state index in [1.54, 1.807) is 22.7 Å². The molecule has 0 fully saturated rings. The lowest BCUT2D eigenvalue weighted by molar-refractivity contribution is 0.0733. The second kappa shape index (κ2) is 7.22. The minimum absolute atomic E-state index is 0.0584. The van der Waals surface area contributed by atoms with E-state index in [1.165, 1.54) is 9.75 Å². The van der Waals surface area contributed by atoms with Gasteiger partial charge in [-0.15, -0.1) is 22.7 Å². The number of rotatable bonds is 5. The number of halogens is 1. The number of carbonyl (C=O) groups excluding carboxylic acids is 1. The molecule has 0 saturated heterocycles. The van der Waals surface area contributed by atoms with E-state index in [4.69, 9.17) is 0 Å². The van der Waals surface area contributed by atoms with Crippen LogP contribution in [-0.4, -0.2) is 10.8 Å². The van der Waals surface area contributed by atoms with E-state index in [-0.39, 0.29) is 5.91 Å². The summed E-state index contributed by atoms with van der Waals surface area (Å²) in [7, 11) is 0. The molecule has 2 aromatic heterocycles. The molecule has 2 nitrogen and oxygen atoms in total. The van der Waals surface area contributed by atoms with E-state index in [2.05, 4.69) is 28.1 Å². The lowest BCUT2D eigenvalue weighted by atomic mass is 10.2. The van der Waals surface area contributed by atoms with Crippen LogP contribution in [0.4, 0.5) is 0 Å². The van der Waals surface area contributed by atoms with Crippen molar-refractivity contribution in [2.24, 2.45) is 0 Å². The molecule has 0 bridgehead atoms.